The number of halogens is 3. The van der Waals surface area contributed by atoms with Gasteiger partial charge in [0, 0.05) is 41.3 Å². The van der Waals surface area contributed by atoms with Crippen molar-refractivity contribution >= 4 is 22.9 Å². The Morgan fingerprint density at radius 1 is 1.21 bits per heavy atom. The number of carboxylic acid groups (broad SMARTS) is 1. The molecule has 4 rings (SSSR count). The third-order valence-corrected chi connectivity index (χ3v) is 4.17. The molecule has 0 aliphatic carbocycles. The summed E-state index contributed by atoms with van der Waals surface area (Å²) in [6.07, 6.45) is -3.06. The highest BCUT2D eigenvalue weighted by atomic mass is 19.4. The molecule has 0 unspecified atom stereocenters. The van der Waals surface area contributed by atoms with Gasteiger partial charge in [0.1, 0.15) is 0 Å². The van der Waals surface area contributed by atoms with Gasteiger partial charge < -0.3 is 24.6 Å². The van der Waals surface area contributed by atoms with Crippen LogP contribution in [-0.2, 0) is 4.79 Å². The minimum absolute atomic E-state index is 0.0752. The third kappa shape index (κ3) is 5.79. The molecule has 0 saturated carbocycles. The average molecular weight is 463 g/mol. The van der Waals surface area contributed by atoms with E-state index in [2.05, 4.69) is 25.5 Å². The van der Waals surface area contributed by atoms with E-state index in [-0.39, 0.29) is 6.10 Å². The molecule has 9 nitrogen and oxygen atoms in total. The molecular weight excluding hydrogens is 443 g/mol. The van der Waals surface area contributed by atoms with Crippen LogP contribution >= 0.6 is 0 Å². The van der Waals surface area contributed by atoms with Crippen LogP contribution in [0.2, 0.25) is 0 Å². The van der Waals surface area contributed by atoms with Crippen LogP contribution in [0.5, 0.6) is 5.88 Å². The molecule has 0 radical (unpaired) electrons. The van der Waals surface area contributed by atoms with Crippen molar-refractivity contribution in [2.24, 2.45) is 0 Å². The Balaban J connectivity index is 0.000000383. The minimum atomic E-state index is -5.08. The minimum Gasteiger partial charge on any atom is -0.475 e. The first kappa shape index (κ1) is 23.6. The number of carboxylic acids is 1. The number of benzene rings is 1. The van der Waals surface area contributed by atoms with Crippen LogP contribution in [-0.4, -0.2) is 50.6 Å². The topological polar surface area (TPSA) is 126 Å². The number of alkyl halides is 3. The molecule has 3 heterocycles. The molecule has 0 saturated heterocycles. The standard InChI is InChI=1S/C19H19N5O2.C2HF3O2/c1-11(2)25-17-6-4-5-16(22-17)14-10-21-15-8-7-12(9-13(14)15)18-23-24-19(20-3)26-18;3-2(4,5)1(6)7/h4-11,21H,1-3H3,(H,20,24);(H,6,7). The maximum atomic E-state index is 10.6. The van der Waals surface area contributed by atoms with E-state index in [1.54, 1.807) is 7.05 Å². The van der Waals surface area contributed by atoms with Gasteiger partial charge in [0.2, 0.25) is 11.8 Å². The van der Waals surface area contributed by atoms with Crippen molar-refractivity contribution in [3.05, 3.63) is 42.6 Å². The number of H-pyrrole nitrogens is 1. The number of fused-ring (bicyclic) bond motifs is 1. The number of aromatic amines is 1. The molecule has 3 N–H and O–H groups in total. The lowest BCUT2D eigenvalue weighted by molar-refractivity contribution is -0.192. The van der Waals surface area contributed by atoms with E-state index < -0.39 is 12.1 Å². The number of anilines is 1. The fraction of sp³-hybridized carbons (Fsp3) is 0.238. The first-order valence-corrected chi connectivity index (χ1v) is 9.65. The number of hydrogen-bond acceptors (Lipinski definition) is 7. The van der Waals surface area contributed by atoms with Crippen LogP contribution in [0.3, 0.4) is 0 Å². The summed E-state index contributed by atoms with van der Waals surface area (Å²) in [7, 11) is 1.74. The smallest absolute Gasteiger partial charge is 0.475 e. The summed E-state index contributed by atoms with van der Waals surface area (Å²) in [5.41, 5.74) is 3.69. The van der Waals surface area contributed by atoms with Crippen molar-refractivity contribution in [1.82, 2.24) is 20.2 Å². The fourth-order valence-corrected chi connectivity index (χ4v) is 2.78. The van der Waals surface area contributed by atoms with Crippen molar-refractivity contribution < 1.29 is 32.2 Å². The summed E-state index contributed by atoms with van der Waals surface area (Å²) >= 11 is 0. The Kier molecular flexibility index (Phi) is 6.85. The first-order valence-electron chi connectivity index (χ1n) is 9.65. The van der Waals surface area contributed by atoms with Crippen molar-refractivity contribution in [2.75, 3.05) is 12.4 Å². The van der Waals surface area contributed by atoms with Gasteiger partial charge in [-0.05, 0) is 38.1 Å². The van der Waals surface area contributed by atoms with Crippen molar-refractivity contribution in [1.29, 1.82) is 0 Å². The van der Waals surface area contributed by atoms with E-state index >= 15 is 0 Å². The molecule has 0 spiro atoms. The Bertz CT molecular complexity index is 1250. The number of pyridine rings is 1. The first-order chi connectivity index (χ1) is 15.6. The van der Waals surface area contributed by atoms with Crippen LogP contribution in [0.4, 0.5) is 19.2 Å². The van der Waals surface area contributed by atoms with E-state index in [9.17, 15) is 13.2 Å². The maximum Gasteiger partial charge on any atom is 0.490 e. The Labute approximate surface area is 185 Å². The Hall–Kier alpha value is -4.09. The zero-order valence-corrected chi connectivity index (χ0v) is 17.8. The molecule has 0 amide bonds. The lowest BCUT2D eigenvalue weighted by atomic mass is 10.1. The number of nitrogens with one attached hydrogen (secondary N) is 2. The molecular formula is C21H20F3N5O4. The number of ether oxygens (including phenoxy) is 1. The highest BCUT2D eigenvalue weighted by molar-refractivity contribution is 5.96. The van der Waals surface area contributed by atoms with Gasteiger partial charge in [-0.25, -0.2) is 9.78 Å². The van der Waals surface area contributed by atoms with Crippen LogP contribution in [0.25, 0.3) is 33.6 Å². The number of rotatable bonds is 5. The predicted molar refractivity (Wildman–Crippen MR) is 114 cm³/mol. The summed E-state index contributed by atoms with van der Waals surface area (Å²) in [6.45, 7) is 3.96. The summed E-state index contributed by atoms with van der Waals surface area (Å²) in [4.78, 5) is 16.8. The van der Waals surface area contributed by atoms with Gasteiger partial charge in [0.05, 0.1) is 11.8 Å². The monoisotopic (exact) mass is 463 g/mol. The quantitative estimate of drug-likeness (QED) is 0.387. The summed E-state index contributed by atoms with van der Waals surface area (Å²) in [6, 6.07) is 12.1. The zero-order chi connectivity index (χ0) is 24.2. The molecule has 3 aromatic heterocycles. The summed E-state index contributed by atoms with van der Waals surface area (Å²) in [5, 5.41) is 19.0. The molecule has 174 valence electrons. The lowest BCUT2D eigenvalue weighted by Crippen LogP contribution is -2.21. The van der Waals surface area contributed by atoms with Gasteiger partial charge in [-0.2, -0.15) is 13.2 Å². The van der Waals surface area contributed by atoms with E-state index in [1.165, 1.54) is 0 Å². The van der Waals surface area contributed by atoms with Gasteiger partial charge in [-0.15, -0.1) is 5.10 Å². The van der Waals surface area contributed by atoms with Crippen LogP contribution in [0.15, 0.2) is 47.0 Å². The number of nitrogens with zero attached hydrogens (tertiary/aromatic N) is 3. The molecule has 1 aromatic carbocycles. The molecule has 0 atom stereocenters. The van der Waals surface area contributed by atoms with Gasteiger partial charge in [-0.3, -0.25) is 0 Å². The largest absolute Gasteiger partial charge is 0.490 e. The third-order valence-electron chi connectivity index (χ3n) is 4.17. The Morgan fingerprint density at radius 3 is 2.55 bits per heavy atom. The van der Waals surface area contributed by atoms with Crippen molar-refractivity contribution in [3.63, 3.8) is 0 Å². The van der Waals surface area contributed by atoms with Gasteiger partial charge in [0.15, 0.2) is 0 Å². The number of aliphatic carboxylic acids is 1. The second-order valence-electron chi connectivity index (χ2n) is 6.96. The van der Waals surface area contributed by atoms with E-state index in [1.807, 2.05) is 56.4 Å². The zero-order valence-electron chi connectivity index (χ0n) is 17.8. The SMILES string of the molecule is CNc1nnc(-c2ccc3[nH]cc(-c4cccc(OC(C)C)n4)c3c2)o1.O=C(O)C(F)(F)F. The van der Waals surface area contributed by atoms with Gasteiger partial charge in [0.25, 0.3) is 0 Å². The molecule has 0 aliphatic rings. The normalized spacial score (nSPS) is 11.2. The van der Waals surface area contributed by atoms with Crippen LogP contribution in [0, 0.1) is 0 Å². The molecule has 0 bridgehead atoms. The number of carbonyl (C=O) groups is 1. The van der Waals surface area contributed by atoms with Crippen molar-refractivity contribution in [2.45, 2.75) is 26.1 Å². The fourth-order valence-electron chi connectivity index (χ4n) is 2.78. The molecule has 12 heteroatoms. The van der Waals surface area contributed by atoms with Crippen LogP contribution < -0.4 is 10.1 Å². The highest BCUT2D eigenvalue weighted by Crippen LogP contribution is 2.32. The second kappa shape index (κ2) is 9.59. The predicted octanol–water partition coefficient (Wildman–Crippen LogP) is 4.74. The second-order valence-corrected chi connectivity index (χ2v) is 6.96. The maximum absolute atomic E-state index is 10.6. The van der Waals surface area contributed by atoms with E-state index in [0.29, 0.717) is 17.8 Å². The average Bonchev–Trinajstić information content (AvgIpc) is 3.40. The van der Waals surface area contributed by atoms with E-state index in [0.717, 1.165) is 27.7 Å². The van der Waals surface area contributed by atoms with Crippen LogP contribution in [0.1, 0.15) is 13.8 Å². The molecule has 33 heavy (non-hydrogen) atoms. The van der Waals surface area contributed by atoms with Crippen molar-refractivity contribution in [3.8, 4) is 28.6 Å². The number of aromatic nitrogens is 4. The Morgan fingerprint density at radius 2 is 1.94 bits per heavy atom. The summed E-state index contributed by atoms with van der Waals surface area (Å²) in [5.74, 6) is -1.68. The lowest BCUT2D eigenvalue weighted by Gasteiger charge is -2.09. The highest BCUT2D eigenvalue weighted by Gasteiger charge is 2.38. The molecule has 0 fully saturated rings. The van der Waals surface area contributed by atoms with Gasteiger partial charge in [-0.1, -0.05) is 11.2 Å². The van der Waals surface area contributed by atoms with E-state index in [4.69, 9.17) is 19.1 Å². The van der Waals surface area contributed by atoms with Gasteiger partial charge >= 0.3 is 18.2 Å². The molecule has 0 aliphatic heterocycles. The summed E-state index contributed by atoms with van der Waals surface area (Å²) < 4.78 is 43.0. The molecule has 4 aromatic rings. The number of hydrogen-bond donors (Lipinski definition) is 3.